The minimum atomic E-state index is 0.916. The van der Waals surface area contributed by atoms with Crippen molar-refractivity contribution in [2.45, 2.75) is 13.8 Å². The van der Waals surface area contributed by atoms with Crippen LogP contribution in [-0.2, 0) is 0 Å². The lowest BCUT2D eigenvalue weighted by Gasteiger charge is -1.94. The molecule has 0 saturated heterocycles. The largest absolute Gasteiger partial charge is 0.471 e. The lowest BCUT2D eigenvalue weighted by atomic mass is 10.2. The van der Waals surface area contributed by atoms with E-state index in [1.807, 2.05) is 13.8 Å². The van der Waals surface area contributed by atoms with Crippen LogP contribution in [0.2, 0.25) is 0 Å². The number of rotatable bonds is 0. The second kappa shape index (κ2) is 2.05. The summed E-state index contributed by atoms with van der Waals surface area (Å²) in [6.07, 6.45) is 3.40. The van der Waals surface area contributed by atoms with Crippen molar-refractivity contribution in [1.82, 2.24) is 10.2 Å². The zero-order valence-electron chi connectivity index (χ0n) is 6.46. The molecular weight excluding hydrogens is 140 g/mol. The Morgan fingerprint density at radius 1 is 1.00 bits per heavy atom. The van der Waals surface area contributed by atoms with Crippen molar-refractivity contribution >= 4 is 10.8 Å². The normalized spacial score (nSPS) is 10.7. The summed E-state index contributed by atoms with van der Waals surface area (Å²) >= 11 is 0. The van der Waals surface area contributed by atoms with Gasteiger partial charge >= 0.3 is 0 Å². The van der Waals surface area contributed by atoms with Crippen molar-refractivity contribution in [2.24, 2.45) is 0 Å². The van der Waals surface area contributed by atoms with Crippen LogP contribution in [0.1, 0.15) is 11.4 Å². The van der Waals surface area contributed by atoms with Gasteiger partial charge in [-0.15, -0.1) is 0 Å². The lowest BCUT2D eigenvalue weighted by Crippen LogP contribution is -1.89. The number of fused-ring (bicyclic) bond motifs is 1. The SMILES string of the molecule is Cc1nnc(C)c2cocc12. The third-order valence-electron chi connectivity index (χ3n) is 1.79. The molecule has 2 aromatic heterocycles. The first kappa shape index (κ1) is 6.34. The highest BCUT2D eigenvalue weighted by molar-refractivity contribution is 5.84. The highest BCUT2D eigenvalue weighted by Crippen LogP contribution is 2.18. The summed E-state index contributed by atoms with van der Waals surface area (Å²) < 4.78 is 5.05. The zero-order chi connectivity index (χ0) is 7.84. The molecule has 0 fully saturated rings. The van der Waals surface area contributed by atoms with Gasteiger partial charge in [-0.2, -0.15) is 10.2 Å². The quantitative estimate of drug-likeness (QED) is 0.572. The second-order valence-corrected chi connectivity index (χ2v) is 2.57. The molecule has 3 heteroatoms. The molecule has 0 saturated carbocycles. The fourth-order valence-corrected chi connectivity index (χ4v) is 1.12. The van der Waals surface area contributed by atoms with Crippen LogP contribution < -0.4 is 0 Å². The fraction of sp³-hybridized carbons (Fsp3) is 0.250. The molecule has 0 spiro atoms. The van der Waals surface area contributed by atoms with Crippen LogP contribution >= 0.6 is 0 Å². The molecule has 0 aliphatic carbocycles. The smallest absolute Gasteiger partial charge is 0.100 e. The summed E-state index contributed by atoms with van der Waals surface area (Å²) in [6, 6.07) is 0. The third-order valence-corrected chi connectivity index (χ3v) is 1.79. The van der Waals surface area contributed by atoms with Gasteiger partial charge in [0.05, 0.1) is 11.4 Å². The Morgan fingerprint density at radius 3 is 1.91 bits per heavy atom. The molecule has 0 N–H and O–H groups in total. The van der Waals surface area contributed by atoms with Crippen LogP contribution in [0.25, 0.3) is 10.8 Å². The van der Waals surface area contributed by atoms with Gasteiger partial charge in [0.2, 0.25) is 0 Å². The molecule has 0 atom stereocenters. The van der Waals surface area contributed by atoms with Gasteiger partial charge in [0, 0.05) is 10.8 Å². The van der Waals surface area contributed by atoms with Crippen molar-refractivity contribution in [3.05, 3.63) is 23.9 Å². The van der Waals surface area contributed by atoms with Crippen LogP contribution in [-0.4, -0.2) is 10.2 Å². The van der Waals surface area contributed by atoms with E-state index in [1.165, 1.54) is 0 Å². The zero-order valence-corrected chi connectivity index (χ0v) is 6.46. The van der Waals surface area contributed by atoms with E-state index in [-0.39, 0.29) is 0 Å². The number of hydrogen-bond acceptors (Lipinski definition) is 3. The number of aryl methyl sites for hydroxylation is 2. The van der Waals surface area contributed by atoms with Gasteiger partial charge in [-0.25, -0.2) is 0 Å². The lowest BCUT2D eigenvalue weighted by molar-refractivity contribution is 0.572. The maximum absolute atomic E-state index is 5.05. The molecule has 0 unspecified atom stereocenters. The Kier molecular flexibility index (Phi) is 1.18. The topological polar surface area (TPSA) is 38.9 Å². The van der Waals surface area contributed by atoms with E-state index in [4.69, 9.17) is 4.42 Å². The predicted molar refractivity (Wildman–Crippen MR) is 41.3 cm³/mol. The van der Waals surface area contributed by atoms with Crippen LogP contribution in [0.3, 0.4) is 0 Å². The van der Waals surface area contributed by atoms with Gasteiger partial charge in [0.25, 0.3) is 0 Å². The molecule has 0 aliphatic heterocycles. The van der Waals surface area contributed by atoms with Crippen LogP contribution in [0.4, 0.5) is 0 Å². The van der Waals surface area contributed by atoms with Gasteiger partial charge in [-0.3, -0.25) is 0 Å². The minimum absolute atomic E-state index is 0.916. The van der Waals surface area contributed by atoms with Crippen molar-refractivity contribution in [1.29, 1.82) is 0 Å². The van der Waals surface area contributed by atoms with E-state index < -0.39 is 0 Å². The summed E-state index contributed by atoms with van der Waals surface area (Å²) in [5, 5.41) is 10.0. The van der Waals surface area contributed by atoms with Gasteiger partial charge < -0.3 is 4.42 Å². The number of furan rings is 1. The fourth-order valence-electron chi connectivity index (χ4n) is 1.12. The summed E-state index contributed by atoms with van der Waals surface area (Å²) in [5.74, 6) is 0. The van der Waals surface area contributed by atoms with E-state index in [2.05, 4.69) is 10.2 Å². The molecular formula is C8H8N2O. The highest BCUT2D eigenvalue weighted by Gasteiger charge is 2.03. The minimum Gasteiger partial charge on any atom is -0.471 e. The van der Waals surface area contributed by atoms with E-state index >= 15 is 0 Å². The average Bonchev–Trinajstić information content (AvgIpc) is 2.45. The summed E-state index contributed by atoms with van der Waals surface area (Å²) in [6.45, 7) is 3.84. The standard InChI is InChI=1S/C8H8N2O/c1-5-7-3-11-4-8(7)6(2)10-9-5/h3-4H,1-2H3. The van der Waals surface area contributed by atoms with Gasteiger partial charge in [0.1, 0.15) is 12.5 Å². The molecule has 0 radical (unpaired) electrons. The summed E-state index contributed by atoms with van der Waals surface area (Å²) in [5.41, 5.74) is 1.83. The molecule has 2 rings (SSSR count). The average molecular weight is 148 g/mol. The van der Waals surface area contributed by atoms with Crippen molar-refractivity contribution < 1.29 is 4.42 Å². The first-order chi connectivity index (χ1) is 5.29. The molecule has 56 valence electrons. The first-order valence-corrected chi connectivity index (χ1v) is 3.45. The molecule has 0 aliphatic rings. The molecule has 0 aromatic carbocycles. The van der Waals surface area contributed by atoms with E-state index in [0.717, 1.165) is 22.2 Å². The Hall–Kier alpha value is -1.38. The Bertz CT molecular complexity index is 356. The first-order valence-electron chi connectivity index (χ1n) is 3.45. The van der Waals surface area contributed by atoms with E-state index in [1.54, 1.807) is 12.5 Å². The second-order valence-electron chi connectivity index (χ2n) is 2.57. The van der Waals surface area contributed by atoms with Crippen molar-refractivity contribution in [3.8, 4) is 0 Å². The number of hydrogen-bond donors (Lipinski definition) is 0. The van der Waals surface area contributed by atoms with Gasteiger partial charge in [0.15, 0.2) is 0 Å². The van der Waals surface area contributed by atoms with E-state index in [0.29, 0.717) is 0 Å². The molecule has 0 amide bonds. The Morgan fingerprint density at radius 2 is 1.45 bits per heavy atom. The van der Waals surface area contributed by atoms with Gasteiger partial charge in [-0.05, 0) is 13.8 Å². The van der Waals surface area contributed by atoms with Crippen molar-refractivity contribution in [3.63, 3.8) is 0 Å². The Balaban J connectivity index is 2.96. The molecule has 11 heavy (non-hydrogen) atoms. The highest BCUT2D eigenvalue weighted by atomic mass is 16.3. The molecule has 0 bridgehead atoms. The van der Waals surface area contributed by atoms with Crippen LogP contribution in [0.15, 0.2) is 16.9 Å². The van der Waals surface area contributed by atoms with Crippen molar-refractivity contribution in [2.75, 3.05) is 0 Å². The van der Waals surface area contributed by atoms with Crippen LogP contribution in [0, 0.1) is 13.8 Å². The predicted octanol–water partition coefficient (Wildman–Crippen LogP) is 1.84. The maximum Gasteiger partial charge on any atom is 0.100 e. The number of aromatic nitrogens is 2. The monoisotopic (exact) mass is 148 g/mol. The summed E-state index contributed by atoms with van der Waals surface area (Å²) in [4.78, 5) is 0. The molecule has 2 heterocycles. The van der Waals surface area contributed by atoms with Crippen LogP contribution in [0.5, 0.6) is 0 Å². The maximum atomic E-state index is 5.05. The molecule has 2 aromatic rings. The molecule has 3 nitrogen and oxygen atoms in total. The van der Waals surface area contributed by atoms with Gasteiger partial charge in [-0.1, -0.05) is 0 Å². The Labute approximate surface area is 64.0 Å². The number of nitrogens with zero attached hydrogens (tertiary/aromatic N) is 2. The van der Waals surface area contributed by atoms with E-state index in [9.17, 15) is 0 Å². The summed E-state index contributed by atoms with van der Waals surface area (Å²) in [7, 11) is 0. The third kappa shape index (κ3) is 0.808.